The van der Waals surface area contributed by atoms with Gasteiger partial charge < -0.3 is 10.5 Å². The topological polar surface area (TPSA) is 38.5 Å². The van der Waals surface area contributed by atoms with Gasteiger partial charge in [0.1, 0.15) is 0 Å². The van der Waals surface area contributed by atoms with E-state index >= 15 is 0 Å². The number of nitrogens with two attached hydrogens (primary N) is 1. The standard InChI is InChI=1S/C13H28N2O/c1-3-5-7-13(4-2,12-14)15-8-6-10-16-11-9-15/h3-12,14H2,1-2H3. The highest BCUT2D eigenvalue weighted by Gasteiger charge is 2.33. The van der Waals surface area contributed by atoms with Crippen LogP contribution in [0.5, 0.6) is 0 Å². The SMILES string of the molecule is CCCCC(CC)(CN)N1CCCOCC1. The van der Waals surface area contributed by atoms with Crippen LogP contribution in [0.1, 0.15) is 46.0 Å². The molecule has 0 saturated carbocycles. The zero-order valence-corrected chi connectivity index (χ0v) is 11.0. The van der Waals surface area contributed by atoms with E-state index in [-0.39, 0.29) is 5.54 Å². The lowest BCUT2D eigenvalue weighted by Gasteiger charge is -2.42. The van der Waals surface area contributed by atoms with Crippen molar-refractivity contribution in [1.82, 2.24) is 4.90 Å². The van der Waals surface area contributed by atoms with E-state index in [4.69, 9.17) is 10.5 Å². The maximum atomic E-state index is 6.06. The van der Waals surface area contributed by atoms with Crippen LogP contribution in [0.25, 0.3) is 0 Å². The fourth-order valence-corrected chi connectivity index (χ4v) is 2.66. The molecule has 0 radical (unpaired) electrons. The number of hydrogen-bond donors (Lipinski definition) is 1. The first kappa shape index (κ1) is 13.9. The minimum Gasteiger partial charge on any atom is -0.380 e. The van der Waals surface area contributed by atoms with Crippen molar-refractivity contribution in [3.63, 3.8) is 0 Å². The third-order valence-electron chi connectivity index (χ3n) is 3.93. The van der Waals surface area contributed by atoms with E-state index in [0.29, 0.717) is 0 Å². The summed E-state index contributed by atoms with van der Waals surface area (Å²) in [6.07, 6.45) is 6.07. The number of ether oxygens (including phenoxy) is 1. The molecule has 1 aliphatic heterocycles. The Bertz CT molecular complexity index is 173. The molecular weight excluding hydrogens is 200 g/mol. The van der Waals surface area contributed by atoms with Crippen LogP contribution in [0, 0.1) is 0 Å². The van der Waals surface area contributed by atoms with Gasteiger partial charge >= 0.3 is 0 Å². The normalized spacial score (nSPS) is 22.7. The van der Waals surface area contributed by atoms with Crippen molar-refractivity contribution < 1.29 is 4.74 Å². The van der Waals surface area contributed by atoms with Crippen LogP contribution in [-0.4, -0.2) is 43.3 Å². The molecule has 1 unspecified atom stereocenters. The van der Waals surface area contributed by atoms with Crippen molar-refractivity contribution in [3.8, 4) is 0 Å². The van der Waals surface area contributed by atoms with Gasteiger partial charge in [-0.25, -0.2) is 0 Å². The van der Waals surface area contributed by atoms with E-state index in [1.54, 1.807) is 0 Å². The minimum atomic E-state index is 0.226. The highest BCUT2D eigenvalue weighted by Crippen LogP contribution is 2.26. The van der Waals surface area contributed by atoms with Gasteiger partial charge in [0.2, 0.25) is 0 Å². The molecule has 3 nitrogen and oxygen atoms in total. The maximum Gasteiger partial charge on any atom is 0.0593 e. The molecular formula is C13H28N2O. The molecule has 1 aliphatic rings. The Morgan fingerprint density at radius 2 is 2.06 bits per heavy atom. The highest BCUT2D eigenvalue weighted by atomic mass is 16.5. The van der Waals surface area contributed by atoms with Crippen LogP contribution in [0.3, 0.4) is 0 Å². The summed E-state index contributed by atoms with van der Waals surface area (Å²) in [6.45, 7) is 9.28. The average molecular weight is 228 g/mol. The lowest BCUT2D eigenvalue weighted by Crippen LogP contribution is -2.54. The zero-order valence-electron chi connectivity index (χ0n) is 11.0. The number of hydrogen-bond acceptors (Lipinski definition) is 3. The molecule has 0 aromatic rings. The molecule has 1 saturated heterocycles. The Hall–Kier alpha value is -0.120. The smallest absolute Gasteiger partial charge is 0.0593 e. The van der Waals surface area contributed by atoms with Crippen LogP contribution < -0.4 is 5.73 Å². The van der Waals surface area contributed by atoms with Gasteiger partial charge in [-0.05, 0) is 19.3 Å². The van der Waals surface area contributed by atoms with Crippen molar-refractivity contribution in [2.45, 2.75) is 51.5 Å². The monoisotopic (exact) mass is 228 g/mol. The van der Waals surface area contributed by atoms with E-state index in [0.717, 1.165) is 45.7 Å². The molecule has 0 bridgehead atoms. The molecule has 1 atom stereocenters. The molecule has 0 aliphatic carbocycles. The molecule has 1 heterocycles. The van der Waals surface area contributed by atoms with Crippen molar-refractivity contribution in [2.24, 2.45) is 5.73 Å². The average Bonchev–Trinajstić information content (AvgIpc) is 2.61. The Labute approximate surface area is 100 Å². The van der Waals surface area contributed by atoms with Crippen LogP contribution in [0.4, 0.5) is 0 Å². The molecule has 16 heavy (non-hydrogen) atoms. The van der Waals surface area contributed by atoms with Gasteiger partial charge in [-0.2, -0.15) is 0 Å². The fourth-order valence-electron chi connectivity index (χ4n) is 2.66. The number of rotatable bonds is 6. The van der Waals surface area contributed by atoms with Crippen molar-refractivity contribution in [2.75, 3.05) is 32.8 Å². The van der Waals surface area contributed by atoms with Crippen molar-refractivity contribution in [1.29, 1.82) is 0 Å². The third-order valence-corrected chi connectivity index (χ3v) is 3.93. The second-order valence-corrected chi connectivity index (χ2v) is 4.84. The van der Waals surface area contributed by atoms with Crippen molar-refractivity contribution in [3.05, 3.63) is 0 Å². The van der Waals surface area contributed by atoms with Gasteiger partial charge in [0, 0.05) is 31.8 Å². The summed E-state index contributed by atoms with van der Waals surface area (Å²) in [6, 6.07) is 0. The molecule has 3 heteroatoms. The van der Waals surface area contributed by atoms with E-state index in [1.807, 2.05) is 0 Å². The molecule has 0 aromatic heterocycles. The third kappa shape index (κ3) is 3.44. The summed E-state index contributed by atoms with van der Waals surface area (Å²) in [5, 5.41) is 0. The van der Waals surface area contributed by atoms with Crippen LogP contribution in [0.15, 0.2) is 0 Å². The first-order chi connectivity index (χ1) is 7.79. The van der Waals surface area contributed by atoms with E-state index in [9.17, 15) is 0 Å². The maximum absolute atomic E-state index is 6.06. The molecule has 2 N–H and O–H groups in total. The Balaban J connectivity index is 2.64. The predicted molar refractivity (Wildman–Crippen MR) is 68.6 cm³/mol. The van der Waals surface area contributed by atoms with E-state index in [2.05, 4.69) is 18.7 Å². The Morgan fingerprint density at radius 1 is 1.25 bits per heavy atom. The lowest BCUT2D eigenvalue weighted by molar-refractivity contribution is 0.0699. The molecule has 1 rings (SSSR count). The largest absolute Gasteiger partial charge is 0.380 e. The van der Waals surface area contributed by atoms with E-state index < -0.39 is 0 Å². The van der Waals surface area contributed by atoms with Gasteiger partial charge in [0.05, 0.1) is 6.61 Å². The van der Waals surface area contributed by atoms with Gasteiger partial charge in [-0.3, -0.25) is 4.90 Å². The quantitative estimate of drug-likeness (QED) is 0.756. The molecule has 0 amide bonds. The molecule has 1 fully saturated rings. The second-order valence-electron chi connectivity index (χ2n) is 4.84. The van der Waals surface area contributed by atoms with Gasteiger partial charge in [-0.15, -0.1) is 0 Å². The summed E-state index contributed by atoms with van der Waals surface area (Å²) < 4.78 is 5.53. The number of unbranched alkanes of at least 4 members (excludes halogenated alkanes) is 1. The first-order valence-corrected chi connectivity index (χ1v) is 6.82. The first-order valence-electron chi connectivity index (χ1n) is 6.82. The minimum absolute atomic E-state index is 0.226. The van der Waals surface area contributed by atoms with Gasteiger partial charge in [0.25, 0.3) is 0 Å². The van der Waals surface area contributed by atoms with Gasteiger partial charge in [-0.1, -0.05) is 26.7 Å². The number of nitrogens with zero attached hydrogens (tertiary/aromatic N) is 1. The fraction of sp³-hybridized carbons (Fsp3) is 1.00. The summed E-state index contributed by atoms with van der Waals surface area (Å²) in [4.78, 5) is 2.58. The molecule has 0 aromatic carbocycles. The Kier molecular flexibility index (Phi) is 6.32. The highest BCUT2D eigenvalue weighted by molar-refractivity contribution is 4.91. The summed E-state index contributed by atoms with van der Waals surface area (Å²) in [5.41, 5.74) is 6.28. The summed E-state index contributed by atoms with van der Waals surface area (Å²) in [5.74, 6) is 0. The lowest BCUT2D eigenvalue weighted by atomic mass is 9.87. The molecule has 96 valence electrons. The predicted octanol–water partition coefficient (Wildman–Crippen LogP) is 2.01. The summed E-state index contributed by atoms with van der Waals surface area (Å²) >= 11 is 0. The van der Waals surface area contributed by atoms with Crippen LogP contribution >= 0.6 is 0 Å². The Morgan fingerprint density at radius 3 is 2.69 bits per heavy atom. The van der Waals surface area contributed by atoms with Gasteiger partial charge in [0.15, 0.2) is 0 Å². The van der Waals surface area contributed by atoms with E-state index in [1.165, 1.54) is 19.3 Å². The van der Waals surface area contributed by atoms with Crippen molar-refractivity contribution >= 4 is 0 Å². The summed E-state index contributed by atoms with van der Waals surface area (Å²) in [7, 11) is 0. The molecule has 0 spiro atoms. The van der Waals surface area contributed by atoms with Crippen LogP contribution in [0.2, 0.25) is 0 Å². The second kappa shape index (κ2) is 7.25. The van der Waals surface area contributed by atoms with Crippen LogP contribution in [-0.2, 0) is 4.74 Å². The zero-order chi connectivity index (χ0) is 11.9.